The third kappa shape index (κ3) is 6.60. The maximum atomic E-state index is 12.9. The van der Waals surface area contributed by atoms with E-state index in [1.807, 2.05) is 57.2 Å². The standard InChI is InChI=1S/C27H34N2O6/c1-5-34-17(14-23(30)31)15-28-25(32)24(27(2,3)4)29-26(33)35-16-22-20-12-8-6-10-18(20)19-11-7-9-13-21(19)22/h6-13,17,22,24H,5,14-16H2,1-4H3,(H,28,32)(H,29,33)(H,30,31)/t17?,24-/m0/s1. The molecule has 0 saturated heterocycles. The summed E-state index contributed by atoms with van der Waals surface area (Å²) in [5.74, 6) is -1.53. The summed E-state index contributed by atoms with van der Waals surface area (Å²) in [5.41, 5.74) is 3.87. The molecule has 0 bridgehead atoms. The molecule has 8 heteroatoms. The van der Waals surface area contributed by atoms with Crippen molar-refractivity contribution < 1.29 is 29.0 Å². The second-order valence-corrected chi connectivity index (χ2v) is 9.69. The van der Waals surface area contributed by atoms with Crippen molar-refractivity contribution in [3.05, 3.63) is 59.7 Å². The number of hydrogen-bond acceptors (Lipinski definition) is 5. The summed E-state index contributed by atoms with van der Waals surface area (Å²) in [4.78, 5) is 36.7. The number of aliphatic carboxylic acids is 1. The van der Waals surface area contributed by atoms with E-state index in [0.29, 0.717) is 6.61 Å². The van der Waals surface area contributed by atoms with Gasteiger partial charge in [-0.2, -0.15) is 0 Å². The van der Waals surface area contributed by atoms with Gasteiger partial charge in [-0.1, -0.05) is 69.3 Å². The van der Waals surface area contributed by atoms with Crippen molar-refractivity contribution in [3.63, 3.8) is 0 Å². The minimum Gasteiger partial charge on any atom is -0.481 e. The van der Waals surface area contributed by atoms with Crippen LogP contribution in [0.2, 0.25) is 0 Å². The Kier molecular flexibility index (Phi) is 8.51. The second kappa shape index (κ2) is 11.4. The van der Waals surface area contributed by atoms with Crippen LogP contribution in [0.4, 0.5) is 4.79 Å². The van der Waals surface area contributed by atoms with Crippen LogP contribution in [0.3, 0.4) is 0 Å². The van der Waals surface area contributed by atoms with Crippen LogP contribution in [-0.2, 0) is 19.1 Å². The van der Waals surface area contributed by atoms with Crippen LogP contribution in [0.15, 0.2) is 48.5 Å². The van der Waals surface area contributed by atoms with Crippen molar-refractivity contribution in [2.24, 2.45) is 5.41 Å². The Morgan fingerprint density at radius 2 is 1.57 bits per heavy atom. The van der Waals surface area contributed by atoms with E-state index in [9.17, 15) is 14.4 Å². The molecule has 0 spiro atoms. The number of rotatable bonds is 10. The summed E-state index contributed by atoms with van der Waals surface area (Å²) in [6.07, 6.45) is -1.57. The molecule has 1 aliphatic carbocycles. The quantitative estimate of drug-likeness (QED) is 0.473. The number of carbonyl (C=O) groups excluding carboxylic acids is 2. The van der Waals surface area contributed by atoms with Crippen LogP contribution in [0.5, 0.6) is 0 Å². The van der Waals surface area contributed by atoms with E-state index >= 15 is 0 Å². The van der Waals surface area contributed by atoms with Gasteiger partial charge in [-0.25, -0.2) is 4.79 Å². The van der Waals surface area contributed by atoms with E-state index in [1.54, 1.807) is 6.92 Å². The fraction of sp³-hybridized carbons (Fsp3) is 0.444. The van der Waals surface area contributed by atoms with E-state index in [1.165, 1.54) is 0 Å². The van der Waals surface area contributed by atoms with Gasteiger partial charge in [0.2, 0.25) is 5.91 Å². The number of carboxylic acid groups (broad SMARTS) is 1. The highest BCUT2D eigenvalue weighted by molar-refractivity contribution is 5.86. The normalized spacial score (nSPS) is 14.4. The molecule has 0 aliphatic heterocycles. The molecule has 0 heterocycles. The van der Waals surface area contributed by atoms with Crippen LogP contribution in [0.25, 0.3) is 11.1 Å². The van der Waals surface area contributed by atoms with Crippen LogP contribution < -0.4 is 10.6 Å². The number of amides is 2. The van der Waals surface area contributed by atoms with Gasteiger partial charge in [0.25, 0.3) is 0 Å². The monoisotopic (exact) mass is 482 g/mol. The van der Waals surface area contributed by atoms with Crippen molar-refractivity contribution in [3.8, 4) is 11.1 Å². The zero-order valence-corrected chi connectivity index (χ0v) is 20.7. The fourth-order valence-electron chi connectivity index (χ4n) is 4.37. The molecule has 188 valence electrons. The molecule has 0 fully saturated rings. The Hall–Kier alpha value is -3.39. The van der Waals surface area contributed by atoms with Gasteiger partial charge in [0, 0.05) is 19.1 Å². The molecular formula is C27H34N2O6. The van der Waals surface area contributed by atoms with Crippen LogP contribution in [-0.4, -0.2) is 55.0 Å². The highest BCUT2D eigenvalue weighted by Crippen LogP contribution is 2.44. The van der Waals surface area contributed by atoms with Crippen LogP contribution >= 0.6 is 0 Å². The van der Waals surface area contributed by atoms with E-state index < -0.39 is 35.5 Å². The molecule has 3 N–H and O–H groups in total. The molecule has 3 rings (SSSR count). The first kappa shape index (κ1) is 26.2. The average Bonchev–Trinajstić information content (AvgIpc) is 3.12. The van der Waals surface area contributed by atoms with E-state index in [-0.39, 0.29) is 25.5 Å². The summed E-state index contributed by atoms with van der Waals surface area (Å²) in [6.45, 7) is 7.75. The molecule has 35 heavy (non-hydrogen) atoms. The minimum absolute atomic E-state index is 0.0257. The Morgan fingerprint density at radius 3 is 2.09 bits per heavy atom. The number of carboxylic acids is 1. The number of carbonyl (C=O) groups is 3. The van der Waals surface area contributed by atoms with Gasteiger partial charge in [-0.3, -0.25) is 9.59 Å². The van der Waals surface area contributed by atoms with Crippen LogP contribution in [0, 0.1) is 5.41 Å². The molecule has 0 aromatic heterocycles. The molecule has 1 unspecified atom stereocenters. The summed E-state index contributed by atoms with van der Waals surface area (Å²) >= 11 is 0. The number of hydrogen-bond donors (Lipinski definition) is 3. The zero-order valence-electron chi connectivity index (χ0n) is 20.7. The Labute approximate surface area is 206 Å². The zero-order chi connectivity index (χ0) is 25.6. The van der Waals surface area contributed by atoms with Crippen molar-refractivity contribution in [2.45, 2.75) is 52.2 Å². The van der Waals surface area contributed by atoms with Gasteiger partial charge in [0.15, 0.2) is 0 Å². The molecule has 1 aliphatic rings. The summed E-state index contributed by atoms with van der Waals surface area (Å²) in [6, 6.07) is 15.2. The third-order valence-corrected chi connectivity index (χ3v) is 6.04. The first-order valence-corrected chi connectivity index (χ1v) is 11.8. The smallest absolute Gasteiger partial charge is 0.407 e. The van der Waals surface area contributed by atoms with Gasteiger partial charge in [-0.05, 0) is 34.6 Å². The maximum Gasteiger partial charge on any atom is 0.407 e. The highest BCUT2D eigenvalue weighted by atomic mass is 16.5. The number of ether oxygens (including phenoxy) is 2. The Balaban J connectivity index is 1.63. The molecule has 0 saturated carbocycles. The van der Waals surface area contributed by atoms with Crippen molar-refractivity contribution in [1.29, 1.82) is 0 Å². The number of nitrogens with one attached hydrogen (secondary N) is 2. The maximum absolute atomic E-state index is 12.9. The molecule has 8 nitrogen and oxygen atoms in total. The Bertz CT molecular complexity index is 1020. The minimum atomic E-state index is -1.01. The van der Waals surface area contributed by atoms with E-state index in [2.05, 4.69) is 22.8 Å². The van der Waals surface area contributed by atoms with Gasteiger partial charge in [0.1, 0.15) is 12.6 Å². The van der Waals surface area contributed by atoms with Crippen molar-refractivity contribution >= 4 is 18.0 Å². The topological polar surface area (TPSA) is 114 Å². The predicted octanol–water partition coefficient (Wildman–Crippen LogP) is 3.94. The lowest BCUT2D eigenvalue weighted by Crippen LogP contribution is -2.54. The van der Waals surface area contributed by atoms with E-state index in [0.717, 1.165) is 22.3 Å². The first-order valence-electron chi connectivity index (χ1n) is 11.8. The summed E-state index contributed by atoms with van der Waals surface area (Å²) < 4.78 is 11.0. The highest BCUT2D eigenvalue weighted by Gasteiger charge is 2.34. The summed E-state index contributed by atoms with van der Waals surface area (Å²) in [7, 11) is 0. The number of fused-ring (bicyclic) bond motifs is 3. The number of benzene rings is 2. The molecule has 2 amide bonds. The van der Waals surface area contributed by atoms with Crippen molar-refractivity contribution in [1.82, 2.24) is 10.6 Å². The first-order chi connectivity index (χ1) is 16.6. The lowest BCUT2D eigenvalue weighted by Gasteiger charge is -2.30. The van der Waals surface area contributed by atoms with Gasteiger partial charge < -0.3 is 25.2 Å². The average molecular weight is 483 g/mol. The third-order valence-electron chi connectivity index (χ3n) is 6.04. The Morgan fingerprint density at radius 1 is 1.00 bits per heavy atom. The van der Waals surface area contributed by atoms with Crippen LogP contribution in [0.1, 0.15) is 51.2 Å². The predicted molar refractivity (Wildman–Crippen MR) is 132 cm³/mol. The summed E-state index contributed by atoms with van der Waals surface area (Å²) in [5, 5.41) is 14.4. The fourth-order valence-corrected chi connectivity index (χ4v) is 4.37. The molecule has 2 atom stereocenters. The van der Waals surface area contributed by atoms with Gasteiger partial charge >= 0.3 is 12.1 Å². The lowest BCUT2D eigenvalue weighted by molar-refractivity contribution is -0.140. The largest absolute Gasteiger partial charge is 0.481 e. The molecular weight excluding hydrogens is 448 g/mol. The molecule has 2 aromatic carbocycles. The molecule has 2 aromatic rings. The van der Waals surface area contributed by atoms with Crippen molar-refractivity contribution in [2.75, 3.05) is 19.8 Å². The lowest BCUT2D eigenvalue weighted by atomic mass is 9.86. The van der Waals surface area contributed by atoms with Gasteiger partial charge in [-0.15, -0.1) is 0 Å². The van der Waals surface area contributed by atoms with E-state index in [4.69, 9.17) is 14.6 Å². The molecule has 0 radical (unpaired) electrons. The number of alkyl carbamates (subject to hydrolysis) is 1. The SMILES string of the molecule is CCOC(CNC(=O)[C@H](NC(=O)OCC1c2ccccc2-c2ccccc21)C(C)(C)C)CC(=O)O. The second-order valence-electron chi connectivity index (χ2n) is 9.69. The van der Waals surface area contributed by atoms with Gasteiger partial charge in [0.05, 0.1) is 12.5 Å².